The molecule has 3 aromatic rings. The topological polar surface area (TPSA) is 110 Å². The molecule has 5 atom stereocenters. The number of aromatic nitrogens is 1. The van der Waals surface area contributed by atoms with Crippen molar-refractivity contribution < 1.29 is 24.2 Å². The number of amides is 2. The zero-order valence-corrected chi connectivity index (χ0v) is 20.0. The van der Waals surface area contributed by atoms with E-state index in [2.05, 4.69) is 15.6 Å². The molecular formula is C28H29N3O5. The number of anilines is 1. The Kier molecular flexibility index (Phi) is 6.97. The lowest BCUT2D eigenvalue weighted by Gasteiger charge is -2.37. The molecule has 0 aliphatic carbocycles. The highest BCUT2D eigenvalue weighted by atomic mass is 16.6. The number of rotatable bonds is 7. The van der Waals surface area contributed by atoms with Crippen LogP contribution in [-0.2, 0) is 9.53 Å². The van der Waals surface area contributed by atoms with Crippen molar-refractivity contribution in [2.75, 3.05) is 11.9 Å². The van der Waals surface area contributed by atoms with Gasteiger partial charge in [-0.1, -0.05) is 30.3 Å². The second-order valence-electron chi connectivity index (χ2n) is 9.26. The van der Waals surface area contributed by atoms with Crippen molar-refractivity contribution in [3.63, 3.8) is 0 Å². The lowest BCUT2D eigenvalue weighted by molar-refractivity contribution is -0.142. The molecule has 0 unspecified atom stereocenters. The highest BCUT2D eigenvalue weighted by Crippen LogP contribution is 2.47. The molecule has 1 saturated heterocycles. The zero-order chi connectivity index (χ0) is 25.1. The Morgan fingerprint density at radius 1 is 1.14 bits per heavy atom. The second-order valence-corrected chi connectivity index (χ2v) is 9.26. The number of nitrogens with zero attached hydrogens (tertiary/aromatic N) is 1. The molecule has 2 amide bonds. The zero-order valence-electron chi connectivity index (χ0n) is 20.0. The smallest absolute Gasteiger partial charge is 0.257 e. The van der Waals surface area contributed by atoms with E-state index in [-0.39, 0.29) is 49.0 Å². The van der Waals surface area contributed by atoms with Crippen molar-refractivity contribution >= 4 is 17.5 Å². The van der Waals surface area contributed by atoms with E-state index in [1.807, 2.05) is 49.4 Å². The third kappa shape index (κ3) is 5.10. The largest absolute Gasteiger partial charge is 0.487 e. The minimum absolute atomic E-state index is 0.0644. The van der Waals surface area contributed by atoms with Gasteiger partial charge in [-0.3, -0.25) is 14.6 Å². The van der Waals surface area contributed by atoms with Crippen molar-refractivity contribution in [1.82, 2.24) is 10.3 Å². The molecule has 0 bridgehead atoms. The second kappa shape index (κ2) is 10.5. The van der Waals surface area contributed by atoms with Crippen LogP contribution in [-0.4, -0.2) is 46.8 Å². The summed E-state index contributed by atoms with van der Waals surface area (Å²) in [5.74, 6) is 0.281. The van der Waals surface area contributed by atoms with Gasteiger partial charge >= 0.3 is 0 Å². The fraction of sp³-hybridized carbons (Fsp3) is 0.321. The molecule has 1 aromatic heterocycles. The number of aliphatic hydroxyl groups is 1. The molecule has 1 fully saturated rings. The van der Waals surface area contributed by atoms with E-state index in [4.69, 9.17) is 9.47 Å². The van der Waals surface area contributed by atoms with Crippen molar-refractivity contribution in [1.29, 1.82) is 0 Å². The number of pyridine rings is 1. The molecule has 8 nitrogen and oxygen atoms in total. The first kappa shape index (κ1) is 24.0. The van der Waals surface area contributed by atoms with Crippen LogP contribution in [0.3, 0.4) is 0 Å². The van der Waals surface area contributed by atoms with Crippen LogP contribution in [0.5, 0.6) is 5.75 Å². The molecule has 36 heavy (non-hydrogen) atoms. The van der Waals surface area contributed by atoms with E-state index in [0.29, 0.717) is 23.4 Å². The normalized spacial score (nSPS) is 23.1. The first-order valence-corrected chi connectivity index (χ1v) is 12.1. The molecule has 5 rings (SSSR count). The third-order valence-corrected chi connectivity index (χ3v) is 6.77. The Morgan fingerprint density at radius 2 is 1.97 bits per heavy atom. The average Bonchev–Trinajstić information content (AvgIpc) is 3.27. The molecule has 2 aromatic carbocycles. The van der Waals surface area contributed by atoms with Crippen LogP contribution < -0.4 is 15.4 Å². The fourth-order valence-electron chi connectivity index (χ4n) is 5.00. The number of carbonyl (C=O) groups excluding carboxylic acids is 2. The number of nitrogens with one attached hydrogen (secondary N) is 2. The molecule has 186 valence electrons. The van der Waals surface area contributed by atoms with E-state index >= 15 is 0 Å². The number of carbonyl (C=O) groups is 2. The van der Waals surface area contributed by atoms with Gasteiger partial charge in [0.2, 0.25) is 5.91 Å². The number of hydrogen-bond acceptors (Lipinski definition) is 6. The van der Waals surface area contributed by atoms with Crippen molar-refractivity contribution in [3.8, 4) is 5.75 Å². The molecule has 2 aliphatic rings. The van der Waals surface area contributed by atoms with E-state index in [1.54, 1.807) is 24.4 Å². The lowest BCUT2D eigenvalue weighted by Crippen LogP contribution is -2.47. The summed E-state index contributed by atoms with van der Waals surface area (Å²) in [4.78, 5) is 29.4. The van der Waals surface area contributed by atoms with E-state index in [1.165, 1.54) is 6.20 Å². The highest BCUT2D eigenvalue weighted by Gasteiger charge is 2.46. The van der Waals surface area contributed by atoms with Gasteiger partial charge in [0, 0.05) is 29.6 Å². The summed E-state index contributed by atoms with van der Waals surface area (Å²) in [7, 11) is 0. The Hall–Kier alpha value is -3.75. The third-order valence-electron chi connectivity index (χ3n) is 6.77. The molecule has 3 heterocycles. The monoisotopic (exact) mass is 487 g/mol. The Bertz CT molecular complexity index is 1220. The van der Waals surface area contributed by atoms with Crippen LogP contribution in [0.2, 0.25) is 0 Å². The maximum absolute atomic E-state index is 12.8. The number of ether oxygens (including phenoxy) is 2. The summed E-state index contributed by atoms with van der Waals surface area (Å²) >= 11 is 0. The summed E-state index contributed by atoms with van der Waals surface area (Å²) in [5, 5.41) is 15.9. The summed E-state index contributed by atoms with van der Waals surface area (Å²) in [6.45, 7) is 1.74. The van der Waals surface area contributed by atoms with Crippen LogP contribution in [0.25, 0.3) is 0 Å². The van der Waals surface area contributed by atoms with E-state index in [9.17, 15) is 14.7 Å². The van der Waals surface area contributed by atoms with Crippen molar-refractivity contribution in [3.05, 3.63) is 89.7 Å². The van der Waals surface area contributed by atoms with Crippen LogP contribution in [0.4, 0.5) is 5.69 Å². The minimum atomic E-state index is -0.547. The maximum Gasteiger partial charge on any atom is 0.257 e. The van der Waals surface area contributed by atoms with Gasteiger partial charge in [-0.2, -0.15) is 0 Å². The van der Waals surface area contributed by atoms with Gasteiger partial charge < -0.3 is 25.2 Å². The number of fused-ring (bicyclic) bond motifs is 3. The Morgan fingerprint density at radius 3 is 2.72 bits per heavy atom. The van der Waals surface area contributed by atoms with E-state index in [0.717, 1.165) is 11.1 Å². The fourth-order valence-corrected chi connectivity index (χ4v) is 5.00. The molecule has 0 radical (unpaired) electrons. The minimum Gasteiger partial charge on any atom is -0.487 e. The molecule has 0 saturated carbocycles. The number of benzene rings is 2. The first-order chi connectivity index (χ1) is 17.5. The Balaban J connectivity index is 1.28. The average molecular weight is 488 g/mol. The molecular weight excluding hydrogens is 458 g/mol. The van der Waals surface area contributed by atoms with Gasteiger partial charge in [-0.15, -0.1) is 0 Å². The molecule has 2 aliphatic heterocycles. The number of aliphatic hydroxyl groups excluding tert-OH is 1. The molecule has 0 spiro atoms. The molecule has 8 heteroatoms. The Labute approximate surface area is 209 Å². The standard InChI is InChI=1S/C28H29N3O5/c1-17(18-6-3-2-4-7-18)30-26(33)14-21-13-23-22-12-20(31-28(34)19-8-5-11-29-15-19)9-10-24(22)36-27(23)25(16-32)35-21/h2-12,15,17,21,23,25,27,32H,13-14,16H2,1H3,(H,30,33)(H,31,34)/t17-,21+,23+,25+,27-/m0/s1. The predicted octanol–water partition coefficient (Wildman–Crippen LogP) is 3.60. The molecule has 3 N–H and O–H groups in total. The summed E-state index contributed by atoms with van der Waals surface area (Å²) < 4.78 is 12.2. The number of hydrogen-bond donors (Lipinski definition) is 3. The van der Waals surface area contributed by atoms with Gasteiger partial charge in [-0.05, 0) is 49.2 Å². The lowest BCUT2D eigenvalue weighted by atomic mass is 9.84. The summed E-state index contributed by atoms with van der Waals surface area (Å²) in [6.07, 6.45) is 2.62. The van der Waals surface area contributed by atoms with Gasteiger partial charge in [0.15, 0.2) is 0 Å². The quantitative estimate of drug-likeness (QED) is 0.470. The van der Waals surface area contributed by atoms with E-state index < -0.39 is 6.10 Å². The van der Waals surface area contributed by atoms with Gasteiger partial charge in [0.1, 0.15) is 18.0 Å². The van der Waals surface area contributed by atoms with Crippen LogP contribution in [0, 0.1) is 0 Å². The van der Waals surface area contributed by atoms with Gasteiger partial charge in [0.05, 0.1) is 30.7 Å². The van der Waals surface area contributed by atoms with Crippen LogP contribution >= 0.6 is 0 Å². The van der Waals surface area contributed by atoms with Crippen LogP contribution in [0.1, 0.15) is 53.2 Å². The van der Waals surface area contributed by atoms with Crippen molar-refractivity contribution in [2.24, 2.45) is 0 Å². The highest BCUT2D eigenvalue weighted by molar-refractivity contribution is 6.04. The summed E-state index contributed by atoms with van der Waals surface area (Å²) in [5.41, 5.74) is 3.08. The first-order valence-electron chi connectivity index (χ1n) is 12.1. The maximum atomic E-state index is 12.8. The van der Waals surface area contributed by atoms with Gasteiger partial charge in [-0.25, -0.2) is 0 Å². The van der Waals surface area contributed by atoms with Crippen LogP contribution in [0.15, 0.2) is 73.1 Å². The SMILES string of the molecule is C[C@H](NC(=O)C[C@H]1C[C@@H]2c3cc(NC(=O)c4cccnc4)ccc3O[C@@H]2[C@@H](CO)O1)c1ccccc1. The summed E-state index contributed by atoms with van der Waals surface area (Å²) in [6, 6.07) is 18.6. The van der Waals surface area contributed by atoms with Gasteiger partial charge in [0.25, 0.3) is 5.91 Å². The van der Waals surface area contributed by atoms with Crippen molar-refractivity contribution in [2.45, 2.75) is 50.0 Å². The predicted molar refractivity (Wildman–Crippen MR) is 134 cm³/mol.